The Morgan fingerprint density at radius 3 is 2.26 bits per heavy atom. The first-order valence-corrected chi connectivity index (χ1v) is 8.56. The Balaban J connectivity index is 1.76. The van der Waals surface area contributed by atoms with Gasteiger partial charge in [-0.1, -0.05) is 51.6 Å². The highest BCUT2D eigenvalue weighted by Gasteiger charge is 2.38. The van der Waals surface area contributed by atoms with Crippen LogP contribution in [0.1, 0.15) is 37.5 Å². The summed E-state index contributed by atoms with van der Waals surface area (Å²) in [6.45, 7) is 10.2. The number of ether oxygens (including phenoxy) is 2. The van der Waals surface area contributed by atoms with Crippen molar-refractivity contribution in [1.82, 2.24) is 0 Å². The molecule has 1 aliphatic heterocycles. The average molecular weight is 374 g/mol. The lowest BCUT2D eigenvalue weighted by molar-refractivity contribution is -0.0694. The summed E-state index contributed by atoms with van der Waals surface area (Å²) in [5.74, 6) is 0.477. The van der Waals surface area contributed by atoms with Gasteiger partial charge in [-0.25, -0.2) is 0 Å². The van der Waals surface area contributed by atoms with Crippen LogP contribution < -0.4 is 9.47 Å². The molecule has 2 nitrogen and oxygen atoms in total. The molecule has 0 spiro atoms. The van der Waals surface area contributed by atoms with Gasteiger partial charge in [0.05, 0.1) is 5.57 Å². The fraction of sp³-hybridized carbons (Fsp3) is 0.273. The van der Waals surface area contributed by atoms with Gasteiger partial charge in [0.25, 0.3) is 0 Å². The number of alkyl halides is 3. The Kier molecular flexibility index (Phi) is 4.81. The minimum atomic E-state index is -4.47. The zero-order valence-corrected chi connectivity index (χ0v) is 15.5. The average Bonchev–Trinajstić information content (AvgIpc) is 2.57. The van der Waals surface area contributed by atoms with E-state index in [1.54, 1.807) is 0 Å². The Morgan fingerprint density at radius 2 is 1.67 bits per heavy atom. The summed E-state index contributed by atoms with van der Waals surface area (Å²) in [4.78, 5) is 0. The van der Waals surface area contributed by atoms with Gasteiger partial charge in [-0.05, 0) is 34.8 Å². The minimum absolute atomic E-state index is 0.0169. The second-order valence-electron chi connectivity index (χ2n) is 7.52. The van der Waals surface area contributed by atoms with Crippen LogP contribution in [0.3, 0.4) is 0 Å². The molecule has 0 radical (unpaired) electrons. The van der Waals surface area contributed by atoms with Crippen LogP contribution in [0.4, 0.5) is 13.2 Å². The SMILES string of the molecule is C=C1C=C(C(F)(F)F)c2ccc(OCc3ccc(C(C)(C)C)cc3)cc2O1. The molecule has 0 aliphatic carbocycles. The maximum absolute atomic E-state index is 13.2. The Morgan fingerprint density at radius 1 is 1.00 bits per heavy atom. The number of halogens is 3. The van der Waals surface area contributed by atoms with Crippen molar-refractivity contribution >= 4 is 5.57 Å². The Bertz CT molecular complexity index is 885. The van der Waals surface area contributed by atoms with Crippen LogP contribution >= 0.6 is 0 Å². The minimum Gasteiger partial charge on any atom is -0.489 e. The van der Waals surface area contributed by atoms with Gasteiger partial charge >= 0.3 is 6.18 Å². The van der Waals surface area contributed by atoms with E-state index in [1.807, 2.05) is 12.1 Å². The molecule has 0 aromatic heterocycles. The number of allylic oxidation sites excluding steroid dienone is 2. The zero-order chi connectivity index (χ0) is 19.8. The van der Waals surface area contributed by atoms with Crippen LogP contribution in [0.15, 0.2) is 60.9 Å². The largest absolute Gasteiger partial charge is 0.489 e. The molecule has 0 saturated heterocycles. The lowest BCUT2D eigenvalue weighted by atomic mass is 9.87. The van der Waals surface area contributed by atoms with Crippen LogP contribution in [-0.2, 0) is 12.0 Å². The molecule has 0 fully saturated rings. The highest BCUT2D eigenvalue weighted by molar-refractivity contribution is 5.78. The predicted octanol–water partition coefficient (Wildman–Crippen LogP) is 6.41. The lowest BCUT2D eigenvalue weighted by Gasteiger charge is -2.22. The molecular formula is C22H21F3O2. The summed E-state index contributed by atoms with van der Waals surface area (Å²) in [5.41, 5.74) is 1.48. The first-order valence-electron chi connectivity index (χ1n) is 8.56. The van der Waals surface area contributed by atoms with Gasteiger partial charge in [-0.2, -0.15) is 13.2 Å². The third-order valence-corrected chi connectivity index (χ3v) is 4.32. The maximum Gasteiger partial charge on any atom is 0.417 e. The molecule has 0 unspecified atom stereocenters. The van der Waals surface area contributed by atoms with Crippen LogP contribution in [0.2, 0.25) is 0 Å². The molecule has 2 aromatic rings. The van der Waals surface area contributed by atoms with E-state index in [-0.39, 0.29) is 22.5 Å². The van der Waals surface area contributed by atoms with Crippen molar-refractivity contribution in [3.8, 4) is 11.5 Å². The second kappa shape index (κ2) is 6.80. The van der Waals surface area contributed by atoms with E-state index in [0.29, 0.717) is 12.4 Å². The van der Waals surface area contributed by atoms with Crippen molar-refractivity contribution in [2.45, 2.75) is 39.0 Å². The normalized spacial score (nSPS) is 14.3. The molecule has 1 heterocycles. The summed E-state index contributed by atoms with van der Waals surface area (Å²) in [6.07, 6.45) is -3.57. The number of fused-ring (bicyclic) bond motifs is 1. The smallest absolute Gasteiger partial charge is 0.417 e. The van der Waals surface area contributed by atoms with E-state index in [0.717, 1.165) is 11.6 Å². The summed E-state index contributed by atoms with van der Waals surface area (Å²) < 4.78 is 50.6. The summed E-state index contributed by atoms with van der Waals surface area (Å²) in [7, 11) is 0. The molecule has 5 heteroatoms. The Hall–Kier alpha value is -2.69. The van der Waals surface area contributed by atoms with Crippen molar-refractivity contribution in [3.63, 3.8) is 0 Å². The molecule has 2 aromatic carbocycles. The highest BCUT2D eigenvalue weighted by atomic mass is 19.4. The third-order valence-electron chi connectivity index (χ3n) is 4.32. The van der Waals surface area contributed by atoms with Gasteiger partial charge in [-0.15, -0.1) is 0 Å². The van der Waals surface area contributed by atoms with Crippen molar-refractivity contribution < 1.29 is 22.6 Å². The standard InChI is InChI=1S/C22H21F3O2/c1-14-11-19(22(23,24)25)18-10-9-17(12-20(18)27-14)26-13-15-5-7-16(8-6-15)21(2,3)4/h5-12H,1,13H2,2-4H3. The fourth-order valence-corrected chi connectivity index (χ4v) is 2.81. The van der Waals surface area contributed by atoms with Crippen LogP contribution in [0.25, 0.3) is 5.57 Å². The second-order valence-corrected chi connectivity index (χ2v) is 7.52. The van der Waals surface area contributed by atoms with Crippen LogP contribution in [-0.4, -0.2) is 6.18 Å². The number of rotatable bonds is 3. The quantitative estimate of drug-likeness (QED) is 0.618. The van der Waals surface area contributed by atoms with Gasteiger partial charge in [0.1, 0.15) is 23.9 Å². The van der Waals surface area contributed by atoms with Gasteiger partial charge in [0.2, 0.25) is 0 Å². The van der Waals surface area contributed by atoms with E-state index >= 15 is 0 Å². The summed E-state index contributed by atoms with van der Waals surface area (Å²) in [6, 6.07) is 12.4. The monoisotopic (exact) mass is 374 g/mol. The maximum atomic E-state index is 13.2. The molecule has 0 saturated carbocycles. The number of hydrogen-bond acceptors (Lipinski definition) is 2. The van der Waals surface area contributed by atoms with E-state index in [4.69, 9.17) is 9.47 Å². The Labute approximate surface area is 156 Å². The number of hydrogen-bond donors (Lipinski definition) is 0. The first kappa shape index (κ1) is 19.1. The van der Waals surface area contributed by atoms with Crippen molar-refractivity contribution in [1.29, 1.82) is 0 Å². The topological polar surface area (TPSA) is 18.5 Å². The van der Waals surface area contributed by atoms with Crippen molar-refractivity contribution in [2.24, 2.45) is 0 Å². The van der Waals surface area contributed by atoms with E-state index in [9.17, 15) is 13.2 Å². The molecule has 0 N–H and O–H groups in total. The molecule has 1 aliphatic rings. The highest BCUT2D eigenvalue weighted by Crippen LogP contribution is 2.43. The molecule has 0 bridgehead atoms. The van der Waals surface area contributed by atoms with E-state index < -0.39 is 11.7 Å². The third kappa shape index (κ3) is 4.35. The predicted molar refractivity (Wildman–Crippen MR) is 99.7 cm³/mol. The molecule has 0 amide bonds. The molecule has 27 heavy (non-hydrogen) atoms. The zero-order valence-electron chi connectivity index (χ0n) is 15.5. The van der Waals surface area contributed by atoms with Crippen LogP contribution in [0, 0.1) is 0 Å². The van der Waals surface area contributed by atoms with Gasteiger partial charge < -0.3 is 9.47 Å². The van der Waals surface area contributed by atoms with Crippen molar-refractivity contribution in [3.05, 3.63) is 77.6 Å². The van der Waals surface area contributed by atoms with Gasteiger partial charge in [-0.3, -0.25) is 0 Å². The van der Waals surface area contributed by atoms with Crippen molar-refractivity contribution in [2.75, 3.05) is 0 Å². The summed E-state index contributed by atoms with van der Waals surface area (Å²) >= 11 is 0. The van der Waals surface area contributed by atoms with Gasteiger partial charge in [0.15, 0.2) is 0 Å². The first-order chi connectivity index (χ1) is 12.5. The fourth-order valence-electron chi connectivity index (χ4n) is 2.81. The summed E-state index contributed by atoms with van der Waals surface area (Å²) in [5, 5.41) is 0. The lowest BCUT2D eigenvalue weighted by Crippen LogP contribution is -2.15. The molecule has 142 valence electrons. The van der Waals surface area contributed by atoms with Crippen LogP contribution in [0.5, 0.6) is 11.5 Å². The van der Waals surface area contributed by atoms with Gasteiger partial charge in [0, 0.05) is 11.6 Å². The van der Waals surface area contributed by atoms with E-state index in [1.165, 1.54) is 23.8 Å². The number of benzene rings is 2. The molecular weight excluding hydrogens is 353 g/mol. The molecule has 3 rings (SSSR count). The molecule has 0 atom stereocenters. The van der Waals surface area contributed by atoms with E-state index in [2.05, 4.69) is 39.5 Å².